The number of nitrogens with one attached hydrogen (secondary N) is 1. The van der Waals surface area contributed by atoms with Crippen LogP contribution >= 0.6 is 11.8 Å². The number of carbonyl (C=O) groups is 1. The maximum absolute atomic E-state index is 13.3. The number of amides is 1. The number of ether oxygens (including phenoxy) is 1. The predicted octanol–water partition coefficient (Wildman–Crippen LogP) is 1.99. The molecule has 2 aliphatic rings. The van der Waals surface area contributed by atoms with Crippen LogP contribution in [0.4, 0.5) is 0 Å². The second-order valence-corrected chi connectivity index (χ2v) is 9.69. The zero-order valence-corrected chi connectivity index (χ0v) is 18.5. The number of benzene rings is 1. The van der Waals surface area contributed by atoms with Crippen LogP contribution in [-0.2, 0) is 11.3 Å². The fourth-order valence-electron chi connectivity index (χ4n) is 4.34. The lowest BCUT2D eigenvalue weighted by Gasteiger charge is -2.43. The highest BCUT2D eigenvalue weighted by atomic mass is 32.2. The number of fused-ring (bicyclic) bond motifs is 1. The van der Waals surface area contributed by atoms with Crippen LogP contribution in [-0.4, -0.2) is 70.5 Å². The van der Waals surface area contributed by atoms with Gasteiger partial charge in [-0.25, -0.2) is 4.68 Å². The number of hydrogen-bond acceptors (Lipinski definition) is 6. The zero-order valence-electron chi connectivity index (χ0n) is 17.7. The van der Waals surface area contributed by atoms with Crippen molar-refractivity contribution in [3.63, 3.8) is 0 Å². The molecule has 1 amide bonds. The summed E-state index contributed by atoms with van der Waals surface area (Å²) in [7, 11) is 0. The Bertz CT molecular complexity index is 962. The van der Waals surface area contributed by atoms with Gasteiger partial charge in [0.05, 0.1) is 18.6 Å². The van der Waals surface area contributed by atoms with Gasteiger partial charge in [-0.05, 0) is 24.2 Å². The summed E-state index contributed by atoms with van der Waals surface area (Å²) >= 11 is 1.94. The van der Waals surface area contributed by atoms with Crippen molar-refractivity contribution < 1.29 is 9.53 Å². The van der Waals surface area contributed by atoms with E-state index in [4.69, 9.17) is 4.74 Å². The number of aromatic nitrogens is 2. The lowest BCUT2D eigenvalue weighted by Crippen LogP contribution is -2.59. The van der Waals surface area contributed by atoms with Crippen molar-refractivity contribution in [2.45, 2.75) is 32.4 Å². The molecule has 1 atom stereocenters. The Morgan fingerprint density at radius 1 is 1.27 bits per heavy atom. The maximum atomic E-state index is 13.3. The van der Waals surface area contributed by atoms with Crippen LogP contribution in [0.25, 0.3) is 10.8 Å². The number of thioether (sulfide) groups is 1. The largest absolute Gasteiger partial charge is 0.379 e. The Kier molecular flexibility index (Phi) is 6.46. The quantitative estimate of drug-likeness (QED) is 0.755. The molecule has 1 N–H and O–H groups in total. The fourth-order valence-corrected chi connectivity index (χ4v) is 5.81. The first-order valence-corrected chi connectivity index (χ1v) is 11.8. The highest BCUT2D eigenvalue weighted by Crippen LogP contribution is 2.33. The first-order valence-electron chi connectivity index (χ1n) is 10.7. The van der Waals surface area contributed by atoms with Gasteiger partial charge in [-0.3, -0.25) is 14.5 Å². The highest BCUT2D eigenvalue weighted by Gasteiger charge is 2.41. The Balaban J connectivity index is 1.61. The van der Waals surface area contributed by atoms with E-state index in [1.807, 2.05) is 43.8 Å². The van der Waals surface area contributed by atoms with Crippen molar-refractivity contribution in [1.82, 2.24) is 20.0 Å². The second kappa shape index (κ2) is 9.08. The van der Waals surface area contributed by atoms with E-state index in [0.717, 1.165) is 44.2 Å². The lowest BCUT2D eigenvalue weighted by molar-refractivity contribution is -0.0129. The van der Waals surface area contributed by atoms with Gasteiger partial charge >= 0.3 is 0 Å². The molecule has 0 bridgehead atoms. The molecule has 162 valence electrons. The van der Waals surface area contributed by atoms with Crippen LogP contribution in [0.5, 0.6) is 0 Å². The Morgan fingerprint density at radius 3 is 2.67 bits per heavy atom. The minimum Gasteiger partial charge on any atom is -0.379 e. The third kappa shape index (κ3) is 4.26. The van der Waals surface area contributed by atoms with Gasteiger partial charge in [0.2, 0.25) is 0 Å². The van der Waals surface area contributed by atoms with Gasteiger partial charge in [0.15, 0.2) is 5.69 Å². The standard InChI is InChI=1S/C22H30N4O3S/c1-16(2)13-26-21(28)18-6-4-3-5-17(18)19(24-26)20(27)23-14-22(7-12-30-15-22)25-8-10-29-11-9-25/h3-6,16H,7-15H2,1-2H3,(H,23,27). The molecule has 3 heterocycles. The summed E-state index contributed by atoms with van der Waals surface area (Å²) in [6, 6.07) is 7.25. The van der Waals surface area contributed by atoms with Crippen LogP contribution < -0.4 is 10.9 Å². The fraction of sp³-hybridized carbons (Fsp3) is 0.591. The van der Waals surface area contributed by atoms with Gasteiger partial charge in [-0.2, -0.15) is 16.9 Å². The number of hydrogen-bond donors (Lipinski definition) is 1. The molecule has 1 aromatic carbocycles. The van der Waals surface area contributed by atoms with Crippen LogP contribution in [0.3, 0.4) is 0 Å². The topological polar surface area (TPSA) is 76.5 Å². The molecule has 0 spiro atoms. The summed E-state index contributed by atoms with van der Waals surface area (Å²) in [5.41, 5.74) is 0.146. The summed E-state index contributed by atoms with van der Waals surface area (Å²) in [4.78, 5) is 28.5. The van der Waals surface area contributed by atoms with Crippen molar-refractivity contribution in [2.75, 3.05) is 44.4 Å². The zero-order chi connectivity index (χ0) is 21.1. The molecule has 0 radical (unpaired) electrons. The summed E-state index contributed by atoms with van der Waals surface area (Å²) in [6.45, 7) is 8.42. The molecule has 2 fully saturated rings. The van der Waals surface area contributed by atoms with Gasteiger partial charge in [0.1, 0.15) is 0 Å². The third-order valence-electron chi connectivity index (χ3n) is 5.96. The van der Waals surface area contributed by atoms with Gasteiger partial charge in [0.25, 0.3) is 11.5 Å². The summed E-state index contributed by atoms with van der Waals surface area (Å²) < 4.78 is 6.96. The molecule has 0 saturated carbocycles. The third-order valence-corrected chi connectivity index (χ3v) is 7.20. The van der Waals surface area contributed by atoms with E-state index in [1.165, 1.54) is 4.68 Å². The number of nitrogens with zero attached hydrogens (tertiary/aromatic N) is 3. The van der Waals surface area contributed by atoms with Crippen molar-refractivity contribution >= 4 is 28.4 Å². The van der Waals surface area contributed by atoms with E-state index in [1.54, 1.807) is 6.07 Å². The molecule has 7 nitrogen and oxygen atoms in total. The van der Waals surface area contributed by atoms with Gasteiger partial charge in [0, 0.05) is 42.9 Å². The van der Waals surface area contributed by atoms with Crippen LogP contribution in [0, 0.1) is 5.92 Å². The van der Waals surface area contributed by atoms with Crippen molar-refractivity contribution in [1.29, 1.82) is 0 Å². The van der Waals surface area contributed by atoms with E-state index in [-0.39, 0.29) is 22.9 Å². The minimum atomic E-state index is -0.215. The molecule has 30 heavy (non-hydrogen) atoms. The minimum absolute atomic E-state index is 0.0354. The first kappa shape index (κ1) is 21.3. The molecule has 0 aliphatic carbocycles. The maximum Gasteiger partial charge on any atom is 0.274 e. The Morgan fingerprint density at radius 2 is 2.00 bits per heavy atom. The van der Waals surface area contributed by atoms with E-state index in [2.05, 4.69) is 15.3 Å². The van der Waals surface area contributed by atoms with E-state index in [0.29, 0.717) is 29.6 Å². The van der Waals surface area contributed by atoms with E-state index >= 15 is 0 Å². The highest BCUT2D eigenvalue weighted by molar-refractivity contribution is 7.99. The van der Waals surface area contributed by atoms with E-state index < -0.39 is 0 Å². The molecule has 2 aromatic rings. The molecular weight excluding hydrogens is 400 g/mol. The van der Waals surface area contributed by atoms with Crippen LogP contribution in [0.1, 0.15) is 30.8 Å². The monoisotopic (exact) mass is 430 g/mol. The average molecular weight is 431 g/mol. The Hall–Kier alpha value is -1.90. The van der Waals surface area contributed by atoms with E-state index in [9.17, 15) is 9.59 Å². The SMILES string of the molecule is CC(C)Cn1nc(C(=O)NCC2(N3CCOCC3)CCSC2)c2ccccc2c1=O. The molecule has 4 rings (SSSR count). The van der Waals surface area contributed by atoms with Crippen molar-refractivity contribution in [3.8, 4) is 0 Å². The summed E-state index contributed by atoms with van der Waals surface area (Å²) in [5.74, 6) is 2.16. The van der Waals surface area contributed by atoms with Crippen LogP contribution in [0.2, 0.25) is 0 Å². The average Bonchev–Trinajstić information content (AvgIpc) is 3.25. The normalized spacial score (nSPS) is 22.6. The predicted molar refractivity (Wildman–Crippen MR) is 120 cm³/mol. The first-order chi connectivity index (χ1) is 14.5. The number of rotatable bonds is 6. The van der Waals surface area contributed by atoms with Gasteiger partial charge < -0.3 is 10.1 Å². The Labute approximate surface area is 181 Å². The molecule has 8 heteroatoms. The molecule has 2 saturated heterocycles. The van der Waals surface area contributed by atoms with Crippen molar-refractivity contribution in [2.24, 2.45) is 5.92 Å². The summed E-state index contributed by atoms with van der Waals surface area (Å²) in [6.07, 6.45) is 1.05. The van der Waals surface area contributed by atoms with Crippen molar-refractivity contribution in [3.05, 3.63) is 40.3 Å². The lowest BCUT2D eigenvalue weighted by atomic mass is 9.95. The van der Waals surface area contributed by atoms with Crippen LogP contribution in [0.15, 0.2) is 29.1 Å². The van der Waals surface area contributed by atoms with Gasteiger partial charge in [-0.1, -0.05) is 32.0 Å². The molecule has 1 unspecified atom stereocenters. The number of morpholine rings is 1. The van der Waals surface area contributed by atoms with Gasteiger partial charge in [-0.15, -0.1) is 0 Å². The smallest absolute Gasteiger partial charge is 0.274 e. The molecule has 1 aromatic heterocycles. The second-order valence-electron chi connectivity index (χ2n) is 8.58. The number of carbonyl (C=O) groups excluding carboxylic acids is 1. The summed E-state index contributed by atoms with van der Waals surface area (Å²) in [5, 5.41) is 8.78. The molecular formula is C22H30N4O3S. The molecule has 2 aliphatic heterocycles.